The molecule has 5 heterocycles. The van der Waals surface area contributed by atoms with E-state index in [9.17, 15) is 64.0 Å². The molecule has 27 atom stereocenters. The number of rotatable bonds is 12. The van der Waals surface area contributed by atoms with Crippen LogP contribution in [0.1, 0.15) is 99.8 Å². The first kappa shape index (κ1) is 54.7. The molecule has 0 aromatic rings. The van der Waals surface area contributed by atoms with Crippen molar-refractivity contribution >= 4 is 10.4 Å². The average molecular weight is 1040 g/mol. The molecule has 0 aromatic heterocycles. The van der Waals surface area contributed by atoms with E-state index in [4.69, 9.17) is 42.1 Å². The predicted molar refractivity (Wildman–Crippen MR) is 241 cm³/mol. The Kier molecular flexibility index (Phi) is 14.5. The quantitative estimate of drug-likeness (QED) is 0.0644. The Balaban J connectivity index is 0.978. The van der Waals surface area contributed by atoms with Crippen molar-refractivity contribution in [3.05, 3.63) is 12.2 Å². The van der Waals surface area contributed by atoms with Gasteiger partial charge in [-0.2, -0.15) is 8.42 Å². The molecule has 5 aliphatic heterocycles. The van der Waals surface area contributed by atoms with Crippen molar-refractivity contribution < 1.29 is 106 Å². The molecule has 0 aromatic carbocycles. The van der Waals surface area contributed by atoms with E-state index in [1.54, 1.807) is 13.8 Å². The molecule has 2 spiro atoms. The van der Waals surface area contributed by atoms with Gasteiger partial charge in [-0.3, -0.25) is 4.55 Å². The van der Waals surface area contributed by atoms with E-state index in [-0.39, 0.29) is 35.0 Å². The van der Waals surface area contributed by atoms with Gasteiger partial charge in [0.1, 0.15) is 73.2 Å². The highest BCUT2D eigenvalue weighted by Gasteiger charge is 2.82. The van der Waals surface area contributed by atoms with Crippen LogP contribution in [0.5, 0.6) is 0 Å². The Hall–Kier alpha value is -1.11. The van der Waals surface area contributed by atoms with Crippen LogP contribution in [0.2, 0.25) is 0 Å². The molecule has 9 rings (SSSR count). The van der Waals surface area contributed by atoms with Crippen LogP contribution in [0.25, 0.3) is 0 Å². The van der Waals surface area contributed by atoms with Crippen molar-refractivity contribution in [3.63, 3.8) is 0 Å². The Morgan fingerprint density at radius 1 is 0.761 bits per heavy atom. The lowest BCUT2D eigenvalue weighted by Crippen LogP contribution is -2.68. The minimum absolute atomic E-state index is 0.0198. The van der Waals surface area contributed by atoms with Crippen molar-refractivity contribution in [1.29, 1.82) is 0 Å². The molecular formula is C48H78O22S. The van der Waals surface area contributed by atoms with Gasteiger partial charge in [-0.25, -0.2) is 4.18 Å². The van der Waals surface area contributed by atoms with Crippen LogP contribution in [-0.4, -0.2) is 206 Å². The highest BCUT2D eigenvalue weighted by molar-refractivity contribution is 7.80. The number of hydrogen-bond acceptors (Lipinski definition) is 21. The van der Waals surface area contributed by atoms with Crippen LogP contribution in [0.3, 0.4) is 0 Å². The Labute approximate surface area is 414 Å². The van der Waals surface area contributed by atoms with E-state index < -0.39 is 162 Å². The molecule has 9 fully saturated rings. The zero-order valence-electron chi connectivity index (χ0n) is 41.5. The van der Waals surface area contributed by atoms with E-state index in [0.29, 0.717) is 37.9 Å². The normalized spacial score (nSPS) is 55.1. The molecule has 4 aliphatic carbocycles. The molecule has 0 amide bonds. The van der Waals surface area contributed by atoms with Crippen molar-refractivity contribution in [2.24, 2.45) is 45.3 Å². The fourth-order valence-corrected chi connectivity index (χ4v) is 16.9. The van der Waals surface area contributed by atoms with Crippen LogP contribution in [-0.2, 0) is 52.5 Å². The summed E-state index contributed by atoms with van der Waals surface area (Å²) in [4.78, 5) is 0. The maximum atomic E-state index is 12.6. The highest BCUT2D eigenvalue weighted by Crippen LogP contribution is 2.80. The van der Waals surface area contributed by atoms with Crippen LogP contribution >= 0.6 is 0 Å². The predicted octanol–water partition coefficient (Wildman–Crippen LogP) is -0.847. The lowest BCUT2D eigenvalue weighted by atomic mass is 9.35. The third-order valence-electron chi connectivity index (χ3n) is 19.7. The lowest BCUT2D eigenvalue weighted by molar-refractivity contribution is -0.382. The first-order valence-corrected chi connectivity index (χ1v) is 26.6. The minimum Gasteiger partial charge on any atom is -0.394 e. The number of aliphatic hydroxyl groups is 10. The summed E-state index contributed by atoms with van der Waals surface area (Å²) in [6.45, 7) is 16.7. The van der Waals surface area contributed by atoms with Gasteiger partial charge in [-0.1, -0.05) is 34.3 Å². The molecule has 0 radical (unpaired) electrons. The molecule has 11 N–H and O–H groups in total. The summed E-state index contributed by atoms with van der Waals surface area (Å²) in [7, 11) is -4.94. The maximum Gasteiger partial charge on any atom is 0.397 e. The number of hydrogen-bond donors (Lipinski definition) is 11. The van der Waals surface area contributed by atoms with Crippen molar-refractivity contribution in [1.82, 2.24) is 0 Å². The molecule has 4 saturated carbocycles. The SMILES string of the molecule is C=C(C)C(O)C1CC(C)(OS(=O)(=O)O)C2C3CCC4C5(C)CCC(OC6OC(COC7OC(C)C(O)C(O)C7O)C(O)C(O)C6OC6OC(CO)C(O)C(O)C6O)C(C)(C)C5CCC4(C)C34COC2(C4)O1. The van der Waals surface area contributed by atoms with E-state index in [1.165, 1.54) is 6.92 Å². The van der Waals surface area contributed by atoms with Crippen molar-refractivity contribution in [2.45, 2.75) is 222 Å². The van der Waals surface area contributed by atoms with Crippen LogP contribution in [0, 0.1) is 45.3 Å². The van der Waals surface area contributed by atoms with Gasteiger partial charge in [0.2, 0.25) is 0 Å². The molecule has 71 heavy (non-hydrogen) atoms. The van der Waals surface area contributed by atoms with Crippen LogP contribution in [0.15, 0.2) is 12.2 Å². The fraction of sp³-hybridized carbons (Fsp3) is 0.958. The minimum atomic E-state index is -4.94. The monoisotopic (exact) mass is 1040 g/mol. The van der Waals surface area contributed by atoms with Gasteiger partial charge >= 0.3 is 10.4 Å². The number of fused-ring (bicyclic) bond motifs is 4. The molecule has 408 valence electrons. The van der Waals surface area contributed by atoms with Gasteiger partial charge in [-0.15, -0.1) is 0 Å². The maximum absolute atomic E-state index is 12.6. The summed E-state index contributed by atoms with van der Waals surface area (Å²) in [5.41, 5.74) is -2.75. The van der Waals surface area contributed by atoms with Gasteiger partial charge in [-0.05, 0) is 98.9 Å². The third-order valence-corrected chi connectivity index (χ3v) is 20.3. The van der Waals surface area contributed by atoms with Gasteiger partial charge in [0.25, 0.3) is 0 Å². The largest absolute Gasteiger partial charge is 0.397 e. The highest BCUT2D eigenvalue weighted by atomic mass is 32.3. The van der Waals surface area contributed by atoms with Crippen molar-refractivity contribution in [3.8, 4) is 0 Å². The number of ether oxygens (including phenoxy) is 8. The van der Waals surface area contributed by atoms with Gasteiger partial charge in [0, 0.05) is 24.2 Å². The van der Waals surface area contributed by atoms with Crippen molar-refractivity contribution in [2.75, 3.05) is 19.8 Å². The molecule has 23 heteroatoms. The van der Waals surface area contributed by atoms with Gasteiger partial charge in [0.15, 0.2) is 24.7 Å². The summed E-state index contributed by atoms with van der Waals surface area (Å²) < 4.78 is 90.9. The smallest absolute Gasteiger partial charge is 0.394 e. The lowest BCUT2D eigenvalue weighted by Gasteiger charge is -2.70. The summed E-state index contributed by atoms with van der Waals surface area (Å²) >= 11 is 0. The second kappa shape index (κ2) is 18.8. The van der Waals surface area contributed by atoms with E-state index in [1.807, 2.05) is 0 Å². The van der Waals surface area contributed by atoms with Gasteiger partial charge < -0.3 is 89.0 Å². The zero-order valence-corrected chi connectivity index (χ0v) is 42.3. The Bertz CT molecular complexity index is 2080. The standard InChI is InChI=1S/C48H78O22S/c1-20(2)29(50)23-15-46(8,70-71(59,60)61)39-22-9-10-27-44(6)13-12-28(43(4,5)26(44)11-14-45(27,7)47(22)18-48(39,69-23)63-19-47)67-42-38(68-41-37(58)34(55)31(52)24(16-49)65-41)35(56)32(53)25(66-42)17-62-40-36(57)33(54)30(51)21(3)64-40/h21-42,49-58H,1,9-19H2,2-8H3,(H,59,60,61). The Morgan fingerprint density at radius 3 is 2.07 bits per heavy atom. The first-order chi connectivity index (χ1) is 33.0. The summed E-state index contributed by atoms with van der Waals surface area (Å²) in [6, 6.07) is 0. The first-order valence-electron chi connectivity index (χ1n) is 25.3. The molecular weight excluding hydrogens is 961 g/mol. The third kappa shape index (κ3) is 8.64. The van der Waals surface area contributed by atoms with Crippen LogP contribution in [0.4, 0.5) is 0 Å². The second-order valence-electron chi connectivity index (χ2n) is 24.0. The topological polar surface area (TPSA) is 340 Å². The molecule has 27 unspecified atom stereocenters. The average Bonchev–Trinajstić information content (AvgIpc) is 3.82. The number of aliphatic hydroxyl groups excluding tert-OH is 10. The molecule has 9 aliphatic rings. The second-order valence-corrected chi connectivity index (χ2v) is 25.0. The molecule has 5 saturated heterocycles. The molecule has 22 nitrogen and oxygen atoms in total. The van der Waals surface area contributed by atoms with E-state index in [0.717, 1.165) is 19.3 Å². The Morgan fingerprint density at radius 2 is 1.41 bits per heavy atom. The summed E-state index contributed by atoms with van der Waals surface area (Å²) in [6.07, 6.45) is -21.6. The van der Waals surface area contributed by atoms with E-state index in [2.05, 4.69) is 34.3 Å². The molecule has 2 bridgehead atoms. The zero-order chi connectivity index (χ0) is 51.9. The summed E-state index contributed by atoms with van der Waals surface area (Å²) in [5, 5.41) is 108. The van der Waals surface area contributed by atoms with E-state index >= 15 is 0 Å². The summed E-state index contributed by atoms with van der Waals surface area (Å²) in [5.74, 6) is -1.79. The van der Waals surface area contributed by atoms with Crippen LogP contribution < -0.4 is 0 Å². The fourth-order valence-electron chi connectivity index (χ4n) is 16.3. The van der Waals surface area contributed by atoms with Gasteiger partial charge in [0.05, 0.1) is 43.7 Å².